The minimum absolute atomic E-state index is 0.333. The fraction of sp³-hybridized carbons (Fsp3) is 0.588. The van der Waals surface area contributed by atoms with Gasteiger partial charge in [-0.2, -0.15) is 5.10 Å². The Morgan fingerprint density at radius 2 is 1.79 bits per heavy atom. The third kappa shape index (κ3) is 2.51. The van der Waals surface area contributed by atoms with Gasteiger partial charge in [0.25, 0.3) is 0 Å². The molecule has 0 unspecified atom stereocenters. The molecule has 7 heteroatoms. The van der Waals surface area contributed by atoms with Crippen molar-refractivity contribution in [3.63, 3.8) is 0 Å². The van der Waals surface area contributed by atoms with Crippen molar-refractivity contribution in [3.8, 4) is 0 Å². The van der Waals surface area contributed by atoms with Gasteiger partial charge < -0.3 is 19.5 Å². The SMILES string of the molecule is CC1(C)OB(c2cc3c(N4CCNCC4)ccnn3c2)OC1(C)C. The minimum atomic E-state index is -0.354. The van der Waals surface area contributed by atoms with Crippen molar-refractivity contribution in [2.75, 3.05) is 31.1 Å². The second kappa shape index (κ2) is 5.47. The number of aromatic nitrogens is 2. The van der Waals surface area contributed by atoms with Crippen molar-refractivity contribution >= 4 is 23.8 Å². The van der Waals surface area contributed by atoms with Crippen LogP contribution in [0.3, 0.4) is 0 Å². The fourth-order valence-electron chi connectivity index (χ4n) is 3.30. The van der Waals surface area contributed by atoms with E-state index in [1.807, 2.05) is 16.9 Å². The quantitative estimate of drug-likeness (QED) is 0.835. The number of anilines is 1. The minimum Gasteiger partial charge on any atom is -0.399 e. The number of fused-ring (bicyclic) bond motifs is 1. The molecule has 2 aliphatic rings. The highest BCUT2D eigenvalue weighted by Crippen LogP contribution is 2.36. The molecule has 2 fully saturated rings. The molecule has 24 heavy (non-hydrogen) atoms. The summed E-state index contributed by atoms with van der Waals surface area (Å²) in [5.41, 5.74) is 2.67. The molecule has 4 rings (SSSR count). The fourth-order valence-corrected chi connectivity index (χ4v) is 3.30. The molecule has 0 amide bonds. The number of hydrogen-bond acceptors (Lipinski definition) is 5. The van der Waals surface area contributed by atoms with Crippen LogP contribution in [0.5, 0.6) is 0 Å². The van der Waals surface area contributed by atoms with Crippen LogP contribution in [0.4, 0.5) is 5.69 Å². The van der Waals surface area contributed by atoms with Crippen LogP contribution in [0, 0.1) is 0 Å². The van der Waals surface area contributed by atoms with Crippen LogP contribution < -0.4 is 15.7 Å². The molecule has 0 saturated carbocycles. The van der Waals surface area contributed by atoms with E-state index in [0.717, 1.165) is 37.2 Å². The third-order valence-corrected chi connectivity index (χ3v) is 5.49. The monoisotopic (exact) mass is 328 g/mol. The summed E-state index contributed by atoms with van der Waals surface area (Å²) in [5, 5.41) is 7.86. The number of hydrogen-bond donors (Lipinski definition) is 1. The maximum atomic E-state index is 6.18. The number of nitrogens with one attached hydrogen (secondary N) is 1. The van der Waals surface area contributed by atoms with E-state index >= 15 is 0 Å². The summed E-state index contributed by atoms with van der Waals surface area (Å²) in [6.07, 6.45) is 3.88. The topological polar surface area (TPSA) is 51.0 Å². The second-order valence-electron chi connectivity index (χ2n) is 7.64. The van der Waals surface area contributed by atoms with Crippen LogP contribution in [-0.4, -0.2) is 54.1 Å². The van der Waals surface area contributed by atoms with Gasteiger partial charge in [0.2, 0.25) is 0 Å². The van der Waals surface area contributed by atoms with Crippen molar-refractivity contribution in [1.82, 2.24) is 14.9 Å². The normalized spacial score (nSPS) is 23.2. The Morgan fingerprint density at radius 1 is 1.12 bits per heavy atom. The Bertz CT molecular complexity index is 736. The van der Waals surface area contributed by atoms with Gasteiger partial charge in [0, 0.05) is 44.0 Å². The molecule has 0 radical (unpaired) electrons. The van der Waals surface area contributed by atoms with Gasteiger partial charge in [-0.3, -0.25) is 0 Å². The van der Waals surface area contributed by atoms with Gasteiger partial charge in [-0.25, -0.2) is 4.52 Å². The first-order valence-corrected chi connectivity index (χ1v) is 8.66. The summed E-state index contributed by atoms with van der Waals surface area (Å²) in [5.74, 6) is 0. The average Bonchev–Trinajstić information content (AvgIpc) is 3.06. The highest BCUT2D eigenvalue weighted by molar-refractivity contribution is 6.62. The summed E-state index contributed by atoms with van der Waals surface area (Å²) in [4.78, 5) is 2.40. The smallest absolute Gasteiger partial charge is 0.399 e. The van der Waals surface area contributed by atoms with Crippen LogP contribution in [0.2, 0.25) is 0 Å². The molecule has 2 aromatic rings. The van der Waals surface area contributed by atoms with Gasteiger partial charge >= 0.3 is 7.12 Å². The number of nitrogens with zero attached hydrogens (tertiary/aromatic N) is 3. The summed E-state index contributed by atoms with van der Waals surface area (Å²) in [6.45, 7) is 12.4. The molecule has 2 saturated heterocycles. The maximum absolute atomic E-state index is 6.18. The van der Waals surface area contributed by atoms with E-state index in [4.69, 9.17) is 9.31 Å². The van der Waals surface area contributed by atoms with Gasteiger partial charge in [-0.15, -0.1) is 0 Å². The zero-order valence-electron chi connectivity index (χ0n) is 14.9. The Hall–Kier alpha value is -1.57. The summed E-state index contributed by atoms with van der Waals surface area (Å²) < 4.78 is 14.3. The highest BCUT2D eigenvalue weighted by Gasteiger charge is 2.52. The molecule has 4 heterocycles. The Labute approximate surface area is 143 Å². The van der Waals surface area contributed by atoms with E-state index in [9.17, 15) is 0 Å². The van der Waals surface area contributed by atoms with Gasteiger partial charge in [0.05, 0.1) is 22.4 Å². The Balaban J connectivity index is 1.69. The lowest BCUT2D eigenvalue weighted by Crippen LogP contribution is -2.43. The second-order valence-corrected chi connectivity index (χ2v) is 7.64. The summed E-state index contributed by atoms with van der Waals surface area (Å²) >= 11 is 0. The first kappa shape index (κ1) is 15.9. The molecule has 1 N–H and O–H groups in total. The first-order chi connectivity index (χ1) is 11.4. The Kier molecular flexibility index (Phi) is 3.63. The van der Waals surface area contributed by atoms with Crippen molar-refractivity contribution in [2.24, 2.45) is 0 Å². The Morgan fingerprint density at radius 3 is 2.46 bits per heavy atom. The third-order valence-electron chi connectivity index (χ3n) is 5.49. The van der Waals surface area contributed by atoms with Gasteiger partial charge in [0.15, 0.2) is 0 Å². The van der Waals surface area contributed by atoms with Gasteiger partial charge in [-0.05, 0) is 39.8 Å². The standard InChI is InChI=1S/C17H25BN4O2/c1-16(2)17(3,4)24-18(23-16)13-11-15-14(5-6-20-22(15)12-13)21-9-7-19-8-10-21/h5-6,11-12,19H,7-10H2,1-4H3. The molecule has 0 atom stereocenters. The number of rotatable bonds is 2. The first-order valence-electron chi connectivity index (χ1n) is 8.66. The van der Waals surface area contributed by atoms with Crippen LogP contribution in [-0.2, 0) is 9.31 Å². The predicted octanol–water partition coefficient (Wildman–Crippen LogP) is 1.04. The average molecular weight is 328 g/mol. The van der Waals surface area contributed by atoms with Crippen LogP contribution in [0.1, 0.15) is 27.7 Å². The molecule has 2 aromatic heterocycles. The highest BCUT2D eigenvalue weighted by atomic mass is 16.7. The van der Waals surface area contributed by atoms with E-state index in [0.29, 0.717) is 0 Å². The summed E-state index contributed by atoms with van der Waals surface area (Å²) in [6, 6.07) is 4.24. The van der Waals surface area contributed by atoms with Crippen LogP contribution >= 0.6 is 0 Å². The lowest BCUT2D eigenvalue weighted by molar-refractivity contribution is 0.00578. The van der Waals surface area contributed by atoms with E-state index in [2.05, 4.69) is 55.1 Å². The molecule has 2 aliphatic heterocycles. The maximum Gasteiger partial charge on any atom is 0.496 e. The van der Waals surface area contributed by atoms with E-state index in [-0.39, 0.29) is 18.3 Å². The molecule has 128 valence electrons. The van der Waals surface area contributed by atoms with E-state index in [1.165, 1.54) is 5.69 Å². The van der Waals surface area contributed by atoms with Crippen molar-refractivity contribution in [2.45, 2.75) is 38.9 Å². The van der Waals surface area contributed by atoms with Crippen molar-refractivity contribution in [3.05, 3.63) is 24.5 Å². The van der Waals surface area contributed by atoms with Gasteiger partial charge in [0.1, 0.15) is 0 Å². The van der Waals surface area contributed by atoms with Crippen molar-refractivity contribution < 1.29 is 9.31 Å². The molecule has 0 bridgehead atoms. The zero-order valence-corrected chi connectivity index (χ0v) is 14.9. The predicted molar refractivity (Wildman–Crippen MR) is 96.0 cm³/mol. The molecular formula is C17H25BN4O2. The van der Waals surface area contributed by atoms with Crippen LogP contribution in [0.25, 0.3) is 5.52 Å². The molecule has 6 nitrogen and oxygen atoms in total. The zero-order chi connectivity index (χ0) is 16.9. The molecular weight excluding hydrogens is 303 g/mol. The molecule has 0 aromatic carbocycles. The van der Waals surface area contributed by atoms with Crippen molar-refractivity contribution in [1.29, 1.82) is 0 Å². The lowest BCUT2D eigenvalue weighted by atomic mass is 9.81. The van der Waals surface area contributed by atoms with Crippen LogP contribution in [0.15, 0.2) is 24.5 Å². The van der Waals surface area contributed by atoms with Gasteiger partial charge in [-0.1, -0.05) is 0 Å². The lowest BCUT2D eigenvalue weighted by Gasteiger charge is -2.32. The van der Waals surface area contributed by atoms with E-state index < -0.39 is 0 Å². The van der Waals surface area contributed by atoms with E-state index in [1.54, 1.807) is 0 Å². The molecule has 0 spiro atoms. The molecule has 0 aliphatic carbocycles. The summed E-state index contributed by atoms with van der Waals surface area (Å²) in [7, 11) is -0.354. The number of piperazine rings is 1. The largest absolute Gasteiger partial charge is 0.496 e.